The summed E-state index contributed by atoms with van der Waals surface area (Å²) >= 11 is 0. The van der Waals surface area contributed by atoms with E-state index in [4.69, 9.17) is 0 Å². The molecule has 0 amide bonds. The molecule has 1 aromatic heterocycles. The summed E-state index contributed by atoms with van der Waals surface area (Å²) in [5.41, 5.74) is 3.95. The van der Waals surface area contributed by atoms with Crippen LogP contribution in [-0.4, -0.2) is 15.6 Å². The number of hydrogen-bond donors (Lipinski definition) is 1. The highest BCUT2D eigenvalue weighted by Gasteiger charge is 2.25. The van der Waals surface area contributed by atoms with Crippen LogP contribution in [0.15, 0.2) is 12.3 Å². The van der Waals surface area contributed by atoms with Crippen LogP contribution in [0, 0.1) is 6.92 Å². The van der Waals surface area contributed by atoms with E-state index < -0.39 is 0 Å². The van der Waals surface area contributed by atoms with Crippen LogP contribution in [0.4, 0.5) is 0 Å². The largest absolute Gasteiger partial charge is 0.262 e. The summed E-state index contributed by atoms with van der Waals surface area (Å²) < 4.78 is 3.89. The van der Waals surface area contributed by atoms with Crippen LogP contribution in [0.5, 0.6) is 0 Å². The Morgan fingerprint density at radius 3 is 2.82 bits per heavy atom. The predicted molar refractivity (Wildman–Crippen MR) is 77.6 cm³/mol. The predicted octanol–water partition coefficient (Wildman–Crippen LogP) is 3.38. The zero-order chi connectivity index (χ0) is 12.6. The quantitative estimate of drug-likeness (QED) is 0.814. The third-order valence-electron chi connectivity index (χ3n) is 3.26. The van der Waals surface area contributed by atoms with Crippen LogP contribution in [0.3, 0.4) is 0 Å². The third-order valence-corrected chi connectivity index (χ3v) is 5.31. The summed E-state index contributed by atoms with van der Waals surface area (Å²) in [6, 6.07) is 2.66. The molecule has 94 valence electrons. The van der Waals surface area contributed by atoms with Crippen LogP contribution < -0.4 is 4.72 Å². The maximum Gasteiger partial charge on any atom is 0.0438 e. The lowest BCUT2D eigenvalue weighted by Crippen LogP contribution is -2.23. The molecule has 0 aromatic carbocycles. The number of nitrogens with zero attached hydrogens (tertiary/aromatic N) is 1. The van der Waals surface area contributed by atoms with E-state index in [1.807, 2.05) is 6.20 Å². The Bertz CT molecular complexity index is 446. The van der Waals surface area contributed by atoms with Crippen molar-refractivity contribution in [2.24, 2.45) is 0 Å². The average molecular weight is 250 g/mol. The van der Waals surface area contributed by atoms with Gasteiger partial charge in [-0.1, -0.05) is 26.6 Å². The second-order valence-corrected chi connectivity index (χ2v) is 7.98. The topological polar surface area (TPSA) is 24.9 Å². The molecule has 0 radical (unpaired) electrons. The van der Waals surface area contributed by atoms with Crippen LogP contribution in [0.1, 0.15) is 50.1 Å². The van der Waals surface area contributed by atoms with Crippen LogP contribution in [-0.2, 0) is 6.42 Å². The van der Waals surface area contributed by atoms with Crippen molar-refractivity contribution in [3.05, 3.63) is 29.1 Å². The monoisotopic (exact) mass is 250 g/mol. The van der Waals surface area contributed by atoms with E-state index in [1.165, 1.54) is 17.5 Å². The van der Waals surface area contributed by atoms with Crippen LogP contribution in [0.25, 0.3) is 0 Å². The Kier molecular flexibility index (Phi) is 3.41. The number of hydrogen-bond acceptors (Lipinski definition) is 2. The Morgan fingerprint density at radius 1 is 1.47 bits per heavy atom. The lowest BCUT2D eigenvalue weighted by atomic mass is 10.1. The molecule has 3 heteroatoms. The van der Waals surface area contributed by atoms with Gasteiger partial charge in [-0.25, -0.2) is 0 Å². The van der Waals surface area contributed by atoms with Gasteiger partial charge in [-0.3, -0.25) is 9.71 Å². The number of aryl methyl sites for hydroxylation is 2. The van der Waals surface area contributed by atoms with E-state index in [2.05, 4.69) is 49.3 Å². The molecule has 1 N–H and O–H groups in total. The van der Waals surface area contributed by atoms with Crippen molar-refractivity contribution in [3.8, 4) is 0 Å². The molecule has 0 aliphatic heterocycles. The molecule has 1 aliphatic rings. The first kappa shape index (κ1) is 12.8. The van der Waals surface area contributed by atoms with Crippen molar-refractivity contribution in [2.45, 2.75) is 51.3 Å². The average Bonchev–Trinajstić information content (AvgIpc) is 2.59. The first-order valence-corrected chi connectivity index (χ1v) is 7.53. The number of aromatic nitrogens is 1. The fourth-order valence-electron chi connectivity index (χ4n) is 2.08. The Labute approximate surface area is 107 Å². The molecule has 0 bridgehead atoms. The number of nitrogens with one attached hydrogen (secondary N) is 1. The summed E-state index contributed by atoms with van der Waals surface area (Å²) in [5.74, 6) is 4.26. The minimum Gasteiger partial charge on any atom is -0.262 e. The molecule has 0 saturated carbocycles. The zero-order valence-electron chi connectivity index (χ0n) is 11.2. The third kappa shape index (κ3) is 2.78. The molecule has 0 fully saturated rings. The molecule has 1 aromatic rings. The molecule has 2 atom stereocenters. The molecule has 2 rings (SSSR count). The van der Waals surface area contributed by atoms with E-state index in [9.17, 15) is 0 Å². The van der Waals surface area contributed by atoms with Crippen molar-refractivity contribution in [3.63, 3.8) is 0 Å². The summed E-state index contributed by atoms with van der Waals surface area (Å²) in [4.78, 5) is 4.41. The maximum atomic E-state index is 4.41. The normalized spacial score (nSPS) is 21.3. The summed E-state index contributed by atoms with van der Waals surface area (Å²) in [7, 11) is -0.0176. The van der Waals surface area contributed by atoms with Gasteiger partial charge in [-0.05, 0) is 37.0 Å². The minimum absolute atomic E-state index is 0.0176. The van der Waals surface area contributed by atoms with Crippen molar-refractivity contribution in [1.29, 1.82) is 0 Å². The number of rotatable bonds is 2. The second kappa shape index (κ2) is 4.54. The molecule has 17 heavy (non-hydrogen) atoms. The number of fused-ring (bicyclic) bond motifs is 1. The van der Waals surface area contributed by atoms with Gasteiger partial charge in [0.25, 0.3) is 0 Å². The standard InChI is InChI=1S/C14H22N2S/c1-10-8-11-6-7-13(12(11)9-15-10)16-17(5)14(2,3)4/h8-9,13,16H,5-7H2,1-4H3/t13-,17?/m0/s1. The van der Waals surface area contributed by atoms with Gasteiger partial charge < -0.3 is 0 Å². The number of pyridine rings is 1. The lowest BCUT2D eigenvalue weighted by molar-refractivity contribution is 0.653. The van der Waals surface area contributed by atoms with E-state index in [0.717, 1.165) is 12.1 Å². The highest BCUT2D eigenvalue weighted by atomic mass is 32.2. The van der Waals surface area contributed by atoms with Crippen molar-refractivity contribution < 1.29 is 0 Å². The summed E-state index contributed by atoms with van der Waals surface area (Å²) in [5, 5.41) is 0. The van der Waals surface area contributed by atoms with Gasteiger partial charge in [0.1, 0.15) is 0 Å². The van der Waals surface area contributed by atoms with Crippen molar-refractivity contribution in [1.82, 2.24) is 9.71 Å². The van der Waals surface area contributed by atoms with Crippen LogP contribution in [0.2, 0.25) is 0 Å². The van der Waals surface area contributed by atoms with E-state index >= 15 is 0 Å². The fourth-order valence-corrected chi connectivity index (χ4v) is 3.03. The van der Waals surface area contributed by atoms with E-state index in [1.54, 1.807) is 0 Å². The summed E-state index contributed by atoms with van der Waals surface area (Å²) in [6.07, 6.45) is 4.38. The maximum absolute atomic E-state index is 4.41. The molecular formula is C14H22N2S. The minimum atomic E-state index is -0.0176. The van der Waals surface area contributed by atoms with Gasteiger partial charge in [0, 0.05) is 22.7 Å². The first-order chi connectivity index (χ1) is 7.88. The molecule has 2 nitrogen and oxygen atoms in total. The van der Waals surface area contributed by atoms with Crippen molar-refractivity contribution in [2.75, 3.05) is 0 Å². The van der Waals surface area contributed by atoms with Gasteiger partial charge >= 0.3 is 0 Å². The molecular weight excluding hydrogens is 228 g/mol. The lowest BCUT2D eigenvalue weighted by Gasteiger charge is -2.27. The van der Waals surface area contributed by atoms with Crippen LogP contribution >= 0.6 is 10.7 Å². The first-order valence-electron chi connectivity index (χ1n) is 6.13. The van der Waals surface area contributed by atoms with E-state index in [-0.39, 0.29) is 15.4 Å². The Balaban J connectivity index is 2.15. The Morgan fingerprint density at radius 2 is 2.18 bits per heavy atom. The molecule has 1 heterocycles. The molecule has 1 aliphatic carbocycles. The highest BCUT2D eigenvalue weighted by molar-refractivity contribution is 8.13. The van der Waals surface area contributed by atoms with Gasteiger partial charge in [0.15, 0.2) is 0 Å². The van der Waals surface area contributed by atoms with Gasteiger partial charge in [0.05, 0.1) is 0 Å². The van der Waals surface area contributed by atoms with Crippen molar-refractivity contribution >= 4 is 16.5 Å². The highest BCUT2D eigenvalue weighted by Crippen LogP contribution is 2.36. The smallest absolute Gasteiger partial charge is 0.0438 e. The Hall–Kier alpha value is -0.670. The fraction of sp³-hybridized carbons (Fsp3) is 0.571. The molecule has 0 spiro atoms. The second-order valence-electron chi connectivity index (χ2n) is 5.74. The SMILES string of the molecule is C=S(N[C@H]1CCc2cc(C)ncc21)C(C)(C)C. The van der Waals surface area contributed by atoms with E-state index in [0.29, 0.717) is 6.04 Å². The van der Waals surface area contributed by atoms with Gasteiger partial charge in [-0.15, -0.1) is 10.7 Å². The molecule has 1 unspecified atom stereocenters. The van der Waals surface area contributed by atoms with Gasteiger partial charge in [0.2, 0.25) is 0 Å². The zero-order valence-corrected chi connectivity index (χ0v) is 12.0. The summed E-state index contributed by atoms with van der Waals surface area (Å²) in [6.45, 7) is 8.76. The molecule has 0 saturated heterocycles. The van der Waals surface area contributed by atoms with Gasteiger partial charge in [-0.2, -0.15) is 0 Å².